The Bertz CT molecular complexity index is 601. The molecule has 0 radical (unpaired) electrons. The lowest BCUT2D eigenvalue weighted by Crippen LogP contribution is -2.14. The van der Waals surface area contributed by atoms with Crippen LogP contribution in [0.5, 0.6) is 0 Å². The van der Waals surface area contributed by atoms with Crippen LogP contribution < -0.4 is 5.32 Å². The first-order valence-electron chi connectivity index (χ1n) is 5.26. The Hall–Kier alpha value is -1.75. The fourth-order valence-electron chi connectivity index (χ4n) is 1.46. The molecule has 0 atom stereocenters. The maximum absolute atomic E-state index is 13.1. The van der Waals surface area contributed by atoms with Gasteiger partial charge >= 0.3 is 0 Å². The molecule has 0 saturated carbocycles. The summed E-state index contributed by atoms with van der Waals surface area (Å²) < 4.78 is 13.6. The van der Waals surface area contributed by atoms with Crippen LogP contribution in [0.4, 0.5) is 10.2 Å². The van der Waals surface area contributed by atoms with Crippen molar-refractivity contribution in [1.29, 1.82) is 0 Å². The standard InChI is InChI=1S/C13H10BrFN2O/c1-8-3-2-6-16-12(8)17-13(18)10-7-9(15)4-5-11(10)14/h2-7H,1H3,(H,16,17,18). The summed E-state index contributed by atoms with van der Waals surface area (Å²) >= 11 is 3.22. The van der Waals surface area contributed by atoms with E-state index in [2.05, 4.69) is 26.2 Å². The minimum Gasteiger partial charge on any atom is -0.306 e. The van der Waals surface area contributed by atoms with Gasteiger partial charge in [0.05, 0.1) is 5.56 Å². The Labute approximate surface area is 112 Å². The maximum atomic E-state index is 13.1. The van der Waals surface area contributed by atoms with Gasteiger partial charge in [-0.05, 0) is 52.7 Å². The number of pyridine rings is 1. The van der Waals surface area contributed by atoms with Crippen LogP contribution in [0, 0.1) is 12.7 Å². The molecule has 1 aromatic heterocycles. The first-order valence-corrected chi connectivity index (χ1v) is 6.05. The van der Waals surface area contributed by atoms with E-state index in [1.165, 1.54) is 18.2 Å². The molecular weight excluding hydrogens is 299 g/mol. The second kappa shape index (κ2) is 5.27. The Balaban J connectivity index is 2.28. The predicted molar refractivity (Wildman–Crippen MR) is 71.0 cm³/mol. The molecule has 0 bridgehead atoms. The molecule has 2 aromatic rings. The van der Waals surface area contributed by atoms with E-state index in [0.717, 1.165) is 5.56 Å². The van der Waals surface area contributed by atoms with Gasteiger partial charge in [0.25, 0.3) is 5.91 Å². The highest BCUT2D eigenvalue weighted by Crippen LogP contribution is 2.19. The summed E-state index contributed by atoms with van der Waals surface area (Å²) in [5.41, 5.74) is 1.08. The summed E-state index contributed by atoms with van der Waals surface area (Å²) in [6.45, 7) is 1.84. The van der Waals surface area contributed by atoms with Gasteiger partial charge in [0.15, 0.2) is 0 Å². The molecule has 0 fully saturated rings. The van der Waals surface area contributed by atoms with Crippen molar-refractivity contribution in [2.45, 2.75) is 6.92 Å². The van der Waals surface area contributed by atoms with Crippen molar-refractivity contribution in [2.24, 2.45) is 0 Å². The summed E-state index contributed by atoms with van der Waals surface area (Å²) in [6.07, 6.45) is 1.59. The molecule has 0 unspecified atom stereocenters. The monoisotopic (exact) mass is 308 g/mol. The van der Waals surface area contributed by atoms with E-state index < -0.39 is 11.7 Å². The molecule has 0 aliphatic carbocycles. The molecule has 1 heterocycles. The number of amides is 1. The number of hydrogen-bond acceptors (Lipinski definition) is 2. The number of aromatic nitrogens is 1. The Morgan fingerprint density at radius 3 is 2.89 bits per heavy atom. The van der Waals surface area contributed by atoms with Crippen molar-refractivity contribution in [1.82, 2.24) is 4.98 Å². The topological polar surface area (TPSA) is 42.0 Å². The fraction of sp³-hybridized carbons (Fsp3) is 0.0769. The smallest absolute Gasteiger partial charge is 0.258 e. The number of rotatable bonds is 2. The minimum atomic E-state index is -0.457. The van der Waals surface area contributed by atoms with Crippen molar-refractivity contribution in [3.05, 3.63) is 57.9 Å². The largest absolute Gasteiger partial charge is 0.306 e. The summed E-state index contributed by atoms with van der Waals surface area (Å²) in [5, 5.41) is 2.65. The van der Waals surface area contributed by atoms with Gasteiger partial charge < -0.3 is 5.32 Å². The van der Waals surface area contributed by atoms with Gasteiger partial charge in [-0.2, -0.15) is 0 Å². The molecule has 1 aromatic carbocycles. The second-order valence-electron chi connectivity index (χ2n) is 3.75. The van der Waals surface area contributed by atoms with Crippen LogP contribution in [0.25, 0.3) is 0 Å². The molecule has 3 nitrogen and oxygen atoms in total. The highest BCUT2D eigenvalue weighted by molar-refractivity contribution is 9.10. The molecule has 0 aliphatic heterocycles. The molecule has 0 aliphatic rings. The molecule has 0 spiro atoms. The normalized spacial score (nSPS) is 10.2. The molecule has 1 N–H and O–H groups in total. The van der Waals surface area contributed by atoms with Crippen LogP contribution in [-0.2, 0) is 0 Å². The van der Waals surface area contributed by atoms with Gasteiger partial charge in [-0.3, -0.25) is 4.79 Å². The van der Waals surface area contributed by atoms with Gasteiger partial charge in [-0.1, -0.05) is 6.07 Å². The summed E-state index contributed by atoms with van der Waals surface area (Å²) in [4.78, 5) is 16.0. The highest BCUT2D eigenvalue weighted by Gasteiger charge is 2.12. The Kier molecular flexibility index (Phi) is 3.72. The van der Waals surface area contributed by atoms with E-state index in [1.807, 2.05) is 13.0 Å². The van der Waals surface area contributed by atoms with Crippen molar-refractivity contribution in [2.75, 3.05) is 5.32 Å². The molecule has 1 amide bonds. The van der Waals surface area contributed by atoms with Crippen molar-refractivity contribution in [3.8, 4) is 0 Å². The van der Waals surface area contributed by atoms with E-state index in [1.54, 1.807) is 12.3 Å². The van der Waals surface area contributed by atoms with E-state index in [-0.39, 0.29) is 5.56 Å². The average Bonchev–Trinajstić information content (AvgIpc) is 2.35. The summed E-state index contributed by atoms with van der Waals surface area (Å²) in [5.74, 6) is -0.386. The third-order valence-corrected chi connectivity index (χ3v) is 3.11. The number of aryl methyl sites for hydroxylation is 1. The molecular formula is C13H10BrFN2O. The first kappa shape index (κ1) is 12.7. The molecule has 18 heavy (non-hydrogen) atoms. The second-order valence-corrected chi connectivity index (χ2v) is 4.60. The predicted octanol–water partition coefficient (Wildman–Crippen LogP) is 3.54. The number of nitrogens with one attached hydrogen (secondary N) is 1. The Morgan fingerprint density at radius 2 is 2.17 bits per heavy atom. The van der Waals surface area contributed by atoms with Crippen LogP contribution in [0.3, 0.4) is 0 Å². The number of nitrogens with zero attached hydrogens (tertiary/aromatic N) is 1. The lowest BCUT2D eigenvalue weighted by Gasteiger charge is -2.08. The summed E-state index contributed by atoms with van der Waals surface area (Å²) in [7, 11) is 0. The fourth-order valence-corrected chi connectivity index (χ4v) is 1.89. The van der Waals surface area contributed by atoms with E-state index >= 15 is 0 Å². The number of halogens is 2. The third-order valence-electron chi connectivity index (χ3n) is 2.41. The quantitative estimate of drug-likeness (QED) is 0.922. The number of hydrogen-bond donors (Lipinski definition) is 1. The zero-order chi connectivity index (χ0) is 13.1. The minimum absolute atomic E-state index is 0.236. The lowest BCUT2D eigenvalue weighted by molar-refractivity contribution is 0.102. The zero-order valence-electron chi connectivity index (χ0n) is 9.58. The number of benzene rings is 1. The lowest BCUT2D eigenvalue weighted by atomic mass is 10.2. The third kappa shape index (κ3) is 2.73. The highest BCUT2D eigenvalue weighted by atomic mass is 79.9. The molecule has 92 valence electrons. The molecule has 2 rings (SSSR count). The van der Waals surface area contributed by atoms with Crippen molar-refractivity contribution in [3.63, 3.8) is 0 Å². The van der Waals surface area contributed by atoms with E-state index in [9.17, 15) is 9.18 Å². The average molecular weight is 309 g/mol. The number of carbonyl (C=O) groups is 1. The van der Waals surface area contributed by atoms with Crippen LogP contribution >= 0.6 is 15.9 Å². The van der Waals surface area contributed by atoms with Gasteiger partial charge in [0.2, 0.25) is 0 Å². The van der Waals surface area contributed by atoms with E-state index in [0.29, 0.717) is 10.3 Å². The van der Waals surface area contributed by atoms with Gasteiger partial charge in [0.1, 0.15) is 11.6 Å². The van der Waals surface area contributed by atoms with Crippen LogP contribution in [0.2, 0.25) is 0 Å². The first-order chi connectivity index (χ1) is 8.58. The Morgan fingerprint density at radius 1 is 1.39 bits per heavy atom. The molecule has 5 heteroatoms. The number of anilines is 1. The van der Waals surface area contributed by atoms with Crippen LogP contribution in [0.1, 0.15) is 15.9 Å². The van der Waals surface area contributed by atoms with Crippen molar-refractivity contribution >= 4 is 27.7 Å². The number of carbonyl (C=O) groups excluding carboxylic acids is 1. The molecule has 0 saturated heterocycles. The van der Waals surface area contributed by atoms with Crippen LogP contribution in [0.15, 0.2) is 41.0 Å². The van der Waals surface area contributed by atoms with Gasteiger partial charge in [-0.25, -0.2) is 9.37 Å². The zero-order valence-corrected chi connectivity index (χ0v) is 11.2. The SMILES string of the molecule is Cc1cccnc1NC(=O)c1cc(F)ccc1Br. The van der Waals surface area contributed by atoms with E-state index in [4.69, 9.17) is 0 Å². The van der Waals surface area contributed by atoms with Gasteiger partial charge in [0, 0.05) is 10.7 Å². The van der Waals surface area contributed by atoms with Gasteiger partial charge in [-0.15, -0.1) is 0 Å². The van der Waals surface area contributed by atoms with Crippen LogP contribution in [-0.4, -0.2) is 10.9 Å². The summed E-state index contributed by atoms with van der Waals surface area (Å²) in [6, 6.07) is 7.58. The van der Waals surface area contributed by atoms with Crippen molar-refractivity contribution < 1.29 is 9.18 Å². The maximum Gasteiger partial charge on any atom is 0.258 e.